The van der Waals surface area contributed by atoms with Gasteiger partial charge in [0.05, 0.1) is 0 Å². The van der Waals surface area contributed by atoms with Gasteiger partial charge in [0.25, 0.3) is 0 Å². The number of carbonyl (C=O) groups is 1. The van der Waals surface area contributed by atoms with E-state index in [0.717, 1.165) is 13.0 Å². The number of unbranched alkanes of at least 4 members (excludes halogenated alkanes) is 1. The Hall–Kier alpha value is 0.200. The fourth-order valence-electron chi connectivity index (χ4n) is 0.484. The first kappa shape index (κ1) is 9.20. The van der Waals surface area contributed by atoms with Crippen LogP contribution in [0.5, 0.6) is 0 Å². The summed E-state index contributed by atoms with van der Waals surface area (Å²) in [6, 6.07) is 0. The summed E-state index contributed by atoms with van der Waals surface area (Å²) >= 11 is 2.33. The summed E-state index contributed by atoms with van der Waals surface area (Å²) in [6.45, 7) is 2.38. The lowest BCUT2D eigenvalue weighted by Gasteiger charge is -1.97. The third kappa shape index (κ3) is 8.20. The van der Waals surface area contributed by atoms with E-state index in [4.69, 9.17) is 0 Å². The van der Waals surface area contributed by atoms with Gasteiger partial charge in [-0.15, -0.1) is 0 Å². The van der Waals surface area contributed by atoms with E-state index < -0.39 is 0 Å². The molecule has 1 N–H and O–H groups in total. The molecule has 0 radical (unpaired) electrons. The summed E-state index contributed by atoms with van der Waals surface area (Å²) in [5.41, 5.74) is 0. The fraction of sp³-hybridized carbons (Fsp3) is 0.833. The third-order valence-corrected chi connectivity index (χ3v) is 1.70. The van der Waals surface area contributed by atoms with Gasteiger partial charge < -0.3 is 5.32 Å². The molecule has 0 rings (SSSR count). The maximum absolute atomic E-state index is 10.3. The molecule has 0 saturated carbocycles. The molecule has 9 heavy (non-hydrogen) atoms. The zero-order valence-corrected chi connectivity index (χ0v) is 7.77. The number of hydrogen-bond donors (Lipinski definition) is 1. The van der Waals surface area contributed by atoms with Crippen LogP contribution in [0.4, 0.5) is 0 Å². The van der Waals surface area contributed by atoms with E-state index in [1.807, 2.05) is 0 Å². The van der Waals surface area contributed by atoms with E-state index in [0.29, 0.717) is 0 Å². The van der Waals surface area contributed by atoms with Crippen LogP contribution in [0.25, 0.3) is 0 Å². The molecule has 0 spiro atoms. The number of alkyl halides is 1. The molecule has 0 aromatic rings. The van der Waals surface area contributed by atoms with Gasteiger partial charge >= 0.3 is 0 Å². The zero-order valence-electron chi connectivity index (χ0n) is 5.61. The average molecular weight is 241 g/mol. The van der Waals surface area contributed by atoms with Gasteiger partial charge in [0.2, 0.25) is 5.91 Å². The van der Waals surface area contributed by atoms with Crippen molar-refractivity contribution in [3.63, 3.8) is 0 Å². The van der Waals surface area contributed by atoms with Gasteiger partial charge in [-0.1, -0.05) is 22.6 Å². The molecule has 0 atom stereocenters. The first-order valence-corrected chi connectivity index (χ1v) is 4.60. The topological polar surface area (TPSA) is 29.1 Å². The summed E-state index contributed by atoms with van der Waals surface area (Å²) in [5, 5.41) is 2.74. The van der Waals surface area contributed by atoms with Crippen LogP contribution < -0.4 is 5.32 Å². The SMILES string of the molecule is CC(=O)NCCCCI. The lowest BCUT2D eigenvalue weighted by Crippen LogP contribution is -2.20. The predicted octanol–water partition coefficient (Wildman–Crippen LogP) is 1.34. The minimum absolute atomic E-state index is 0.0726. The van der Waals surface area contributed by atoms with Crippen molar-refractivity contribution in [2.45, 2.75) is 19.8 Å². The van der Waals surface area contributed by atoms with Crippen molar-refractivity contribution in [3.05, 3.63) is 0 Å². The molecule has 0 aromatic heterocycles. The highest BCUT2D eigenvalue weighted by Crippen LogP contribution is 1.91. The Bertz CT molecular complexity index is 85.1. The Morgan fingerprint density at radius 3 is 2.67 bits per heavy atom. The van der Waals surface area contributed by atoms with E-state index in [1.54, 1.807) is 6.92 Å². The van der Waals surface area contributed by atoms with Crippen LogP contribution in [-0.4, -0.2) is 16.9 Å². The lowest BCUT2D eigenvalue weighted by molar-refractivity contribution is -0.118. The van der Waals surface area contributed by atoms with Gasteiger partial charge in [-0.05, 0) is 17.3 Å². The minimum atomic E-state index is 0.0726. The second kappa shape index (κ2) is 6.32. The predicted molar refractivity (Wildman–Crippen MR) is 46.8 cm³/mol. The van der Waals surface area contributed by atoms with Gasteiger partial charge in [0.1, 0.15) is 0 Å². The van der Waals surface area contributed by atoms with Crippen molar-refractivity contribution >= 4 is 28.5 Å². The average Bonchev–Trinajstić information content (AvgIpc) is 1.80. The first-order valence-electron chi connectivity index (χ1n) is 3.07. The van der Waals surface area contributed by atoms with E-state index in [2.05, 4.69) is 27.9 Å². The highest BCUT2D eigenvalue weighted by Gasteiger charge is 1.88. The van der Waals surface area contributed by atoms with Crippen molar-refractivity contribution in [1.82, 2.24) is 5.32 Å². The highest BCUT2D eigenvalue weighted by atomic mass is 127. The van der Waals surface area contributed by atoms with Crippen LogP contribution in [0, 0.1) is 0 Å². The van der Waals surface area contributed by atoms with Crippen LogP contribution in [0.15, 0.2) is 0 Å². The highest BCUT2D eigenvalue weighted by molar-refractivity contribution is 14.1. The maximum Gasteiger partial charge on any atom is 0.216 e. The summed E-state index contributed by atoms with van der Waals surface area (Å²) in [7, 11) is 0. The Labute approximate surface area is 69.5 Å². The molecule has 0 bridgehead atoms. The number of nitrogens with one attached hydrogen (secondary N) is 1. The molecule has 2 nitrogen and oxygen atoms in total. The van der Waals surface area contributed by atoms with Crippen LogP contribution in [0.1, 0.15) is 19.8 Å². The van der Waals surface area contributed by atoms with E-state index in [-0.39, 0.29) is 5.91 Å². The summed E-state index contributed by atoms with van der Waals surface area (Å²) in [4.78, 5) is 10.3. The molecule has 0 fully saturated rings. The monoisotopic (exact) mass is 241 g/mol. The maximum atomic E-state index is 10.3. The largest absolute Gasteiger partial charge is 0.356 e. The fourth-order valence-corrected chi connectivity index (χ4v) is 1.02. The molecule has 0 saturated heterocycles. The van der Waals surface area contributed by atoms with Gasteiger partial charge in [-0.25, -0.2) is 0 Å². The Kier molecular flexibility index (Phi) is 6.46. The molecule has 0 aliphatic heterocycles. The van der Waals surface area contributed by atoms with Crippen molar-refractivity contribution in [2.75, 3.05) is 11.0 Å². The standard InChI is InChI=1S/C6H12INO/c1-6(9)8-5-3-2-4-7/h2-5H2,1H3,(H,8,9). The van der Waals surface area contributed by atoms with Crippen molar-refractivity contribution in [3.8, 4) is 0 Å². The first-order chi connectivity index (χ1) is 4.27. The van der Waals surface area contributed by atoms with Crippen molar-refractivity contribution < 1.29 is 4.79 Å². The molecule has 0 aliphatic rings. The third-order valence-electron chi connectivity index (χ3n) is 0.934. The lowest BCUT2D eigenvalue weighted by atomic mass is 10.3. The van der Waals surface area contributed by atoms with Crippen LogP contribution in [0.2, 0.25) is 0 Å². The molecule has 1 amide bonds. The van der Waals surface area contributed by atoms with Crippen LogP contribution in [0.3, 0.4) is 0 Å². The number of rotatable bonds is 4. The number of carbonyl (C=O) groups excluding carboxylic acids is 1. The van der Waals surface area contributed by atoms with Crippen molar-refractivity contribution in [2.24, 2.45) is 0 Å². The zero-order chi connectivity index (χ0) is 7.11. The van der Waals surface area contributed by atoms with E-state index in [9.17, 15) is 4.79 Å². The second-order valence-electron chi connectivity index (χ2n) is 1.88. The van der Waals surface area contributed by atoms with Gasteiger partial charge in [0.15, 0.2) is 0 Å². The second-order valence-corrected chi connectivity index (χ2v) is 2.96. The summed E-state index contributed by atoms with van der Waals surface area (Å²) < 4.78 is 1.18. The molecule has 0 heterocycles. The number of halogens is 1. The Morgan fingerprint density at radius 2 is 2.22 bits per heavy atom. The normalized spacial score (nSPS) is 9.11. The van der Waals surface area contributed by atoms with Gasteiger partial charge in [-0.3, -0.25) is 4.79 Å². The Balaban J connectivity index is 2.83. The quantitative estimate of drug-likeness (QED) is 0.449. The number of hydrogen-bond acceptors (Lipinski definition) is 1. The van der Waals surface area contributed by atoms with E-state index in [1.165, 1.54) is 10.8 Å². The number of amides is 1. The smallest absolute Gasteiger partial charge is 0.216 e. The Morgan fingerprint density at radius 1 is 1.56 bits per heavy atom. The van der Waals surface area contributed by atoms with Crippen LogP contribution >= 0.6 is 22.6 Å². The van der Waals surface area contributed by atoms with Gasteiger partial charge in [0, 0.05) is 13.5 Å². The summed E-state index contributed by atoms with van der Waals surface area (Å²) in [5.74, 6) is 0.0726. The molecule has 3 heteroatoms. The molecule has 54 valence electrons. The van der Waals surface area contributed by atoms with E-state index >= 15 is 0 Å². The van der Waals surface area contributed by atoms with Gasteiger partial charge in [-0.2, -0.15) is 0 Å². The molecule has 0 unspecified atom stereocenters. The summed E-state index contributed by atoms with van der Waals surface area (Å²) in [6.07, 6.45) is 2.30. The molecule has 0 aromatic carbocycles. The van der Waals surface area contributed by atoms with Crippen molar-refractivity contribution in [1.29, 1.82) is 0 Å². The molecular weight excluding hydrogens is 229 g/mol. The molecule has 0 aliphatic carbocycles. The van der Waals surface area contributed by atoms with Crippen LogP contribution in [-0.2, 0) is 4.79 Å². The minimum Gasteiger partial charge on any atom is -0.356 e. The molecular formula is C6H12INO.